The predicted octanol–water partition coefficient (Wildman–Crippen LogP) is 2.09. The second-order valence-electron chi connectivity index (χ2n) is 8.21. The smallest absolute Gasteiger partial charge is 0.233 e. The van der Waals surface area contributed by atoms with Crippen LogP contribution in [-0.4, -0.2) is 69.0 Å². The number of amides is 2. The number of thioether (sulfide) groups is 1. The third kappa shape index (κ3) is 6.77. The largest absolute Gasteiger partial charge is 0.384 e. The van der Waals surface area contributed by atoms with Crippen LogP contribution in [0.4, 0.5) is 0 Å². The molecule has 9 nitrogen and oxygen atoms in total. The molecule has 3 rings (SSSR count). The summed E-state index contributed by atoms with van der Waals surface area (Å²) in [7, 11) is 1.58. The molecule has 1 aliphatic heterocycles. The van der Waals surface area contributed by atoms with E-state index in [2.05, 4.69) is 38.9 Å². The average Bonchev–Trinajstić information content (AvgIpc) is 3.07. The van der Waals surface area contributed by atoms with E-state index in [0.29, 0.717) is 50.8 Å². The van der Waals surface area contributed by atoms with Gasteiger partial charge < -0.3 is 19.5 Å². The Bertz CT molecular complexity index is 889. The number of methoxy groups -OCH3 is 1. The summed E-state index contributed by atoms with van der Waals surface area (Å²) in [4.78, 5) is 31.3. The molecule has 1 aliphatic rings. The fourth-order valence-electron chi connectivity index (χ4n) is 3.67. The van der Waals surface area contributed by atoms with Crippen molar-refractivity contribution in [3.63, 3.8) is 0 Å². The standard InChI is InChI=1S/C22H32N6O3S/c1-16(2)14-17(24-19(29)8-13-31-3)22-26-25-18-7-10-27(11-12-28(18)22)21(30)15-32-20-6-4-5-9-23-20/h4-6,9,16-17H,7-8,10-15H2,1-3H3,(H,24,29)/t17-/m0/s1. The summed E-state index contributed by atoms with van der Waals surface area (Å²) in [6.45, 7) is 6.42. The van der Waals surface area contributed by atoms with Crippen LogP contribution in [0, 0.1) is 5.92 Å². The van der Waals surface area contributed by atoms with E-state index < -0.39 is 0 Å². The van der Waals surface area contributed by atoms with Gasteiger partial charge in [0.1, 0.15) is 5.82 Å². The SMILES string of the molecule is COCCC(=O)N[C@@H](CC(C)C)c1nnc2n1CCN(C(=O)CSc1ccccn1)CC2. The summed E-state index contributed by atoms with van der Waals surface area (Å²) in [5.41, 5.74) is 0. The molecule has 0 saturated heterocycles. The van der Waals surface area contributed by atoms with E-state index in [1.54, 1.807) is 13.3 Å². The van der Waals surface area contributed by atoms with Gasteiger partial charge >= 0.3 is 0 Å². The van der Waals surface area contributed by atoms with E-state index in [1.807, 2.05) is 23.1 Å². The topological polar surface area (TPSA) is 102 Å². The van der Waals surface area contributed by atoms with Crippen molar-refractivity contribution in [3.05, 3.63) is 36.0 Å². The summed E-state index contributed by atoms with van der Waals surface area (Å²) < 4.78 is 7.09. The molecule has 32 heavy (non-hydrogen) atoms. The molecule has 10 heteroatoms. The normalized spacial score (nSPS) is 14.7. The van der Waals surface area contributed by atoms with Gasteiger partial charge in [-0.05, 0) is 24.5 Å². The van der Waals surface area contributed by atoms with Crippen molar-refractivity contribution < 1.29 is 14.3 Å². The Hall–Kier alpha value is -2.46. The number of fused-ring (bicyclic) bond motifs is 1. The van der Waals surface area contributed by atoms with Crippen LogP contribution in [0.1, 0.15) is 44.4 Å². The summed E-state index contributed by atoms with van der Waals surface area (Å²) >= 11 is 1.45. The Morgan fingerprint density at radius 1 is 1.22 bits per heavy atom. The van der Waals surface area contributed by atoms with Gasteiger partial charge in [0.05, 0.1) is 23.4 Å². The zero-order chi connectivity index (χ0) is 22.9. The minimum absolute atomic E-state index is 0.0631. The predicted molar refractivity (Wildman–Crippen MR) is 122 cm³/mol. The number of nitrogens with one attached hydrogen (secondary N) is 1. The van der Waals surface area contributed by atoms with Gasteiger partial charge in [-0.15, -0.1) is 10.2 Å². The first-order chi connectivity index (χ1) is 15.5. The van der Waals surface area contributed by atoms with Gasteiger partial charge in [0.2, 0.25) is 11.8 Å². The molecule has 0 fully saturated rings. The zero-order valence-corrected chi connectivity index (χ0v) is 19.8. The van der Waals surface area contributed by atoms with Crippen LogP contribution in [0.5, 0.6) is 0 Å². The highest BCUT2D eigenvalue weighted by atomic mass is 32.2. The van der Waals surface area contributed by atoms with Gasteiger partial charge in [-0.1, -0.05) is 31.7 Å². The molecule has 0 aliphatic carbocycles. The van der Waals surface area contributed by atoms with Crippen molar-refractivity contribution >= 4 is 23.6 Å². The van der Waals surface area contributed by atoms with Crippen molar-refractivity contribution in [1.29, 1.82) is 0 Å². The second kappa shape index (κ2) is 12.0. The van der Waals surface area contributed by atoms with Crippen molar-refractivity contribution in [2.75, 3.05) is 32.6 Å². The lowest BCUT2D eigenvalue weighted by atomic mass is 10.0. The number of rotatable bonds is 10. The van der Waals surface area contributed by atoms with E-state index in [0.717, 1.165) is 23.1 Å². The molecule has 2 aromatic rings. The van der Waals surface area contributed by atoms with Gasteiger partial charge in [0, 0.05) is 45.8 Å². The third-order valence-corrected chi connectivity index (χ3v) is 6.20. The number of pyridine rings is 1. The van der Waals surface area contributed by atoms with E-state index >= 15 is 0 Å². The van der Waals surface area contributed by atoms with Gasteiger partial charge in [-0.3, -0.25) is 9.59 Å². The number of hydrogen-bond donors (Lipinski definition) is 1. The molecule has 0 aromatic carbocycles. The maximum Gasteiger partial charge on any atom is 0.233 e. The lowest BCUT2D eigenvalue weighted by Crippen LogP contribution is -2.35. The maximum absolute atomic E-state index is 12.8. The molecular formula is C22H32N6O3S. The highest BCUT2D eigenvalue weighted by molar-refractivity contribution is 7.99. The highest BCUT2D eigenvalue weighted by Crippen LogP contribution is 2.23. The fraction of sp³-hybridized carbons (Fsp3) is 0.591. The van der Waals surface area contributed by atoms with E-state index in [4.69, 9.17) is 4.74 Å². The summed E-state index contributed by atoms with van der Waals surface area (Å²) in [5.74, 6) is 2.38. The molecule has 1 atom stereocenters. The first-order valence-corrected chi connectivity index (χ1v) is 12.0. The monoisotopic (exact) mass is 460 g/mol. The van der Waals surface area contributed by atoms with Crippen molar-refractivity contribution in [1.82, 2.24) is 30.0 Å². The number of nitrogens with zero attached hydrogens (tertiary/aromatic N) is 5. The van der Waals surface area contributed by atoms with Crippen molar-refractivity contribution in [2.24, 2.45) is 5.92 Å². The second-order valence-corrected chi connectivity index (χ2v) is 9.20. The summed E-state index contributed by atoms with van der Waals surface area (Å²) in [6.07, 6.45) is 3.44. The Morgan fingerprint density at radius 3 is 2.78 bits per heavy atom. The van der Waals surface area contributed by atoms with Gasteiger partial charge in [0.15, 0.2) is 5.82 Å². The van der Waals surface area contributed by atoms with Crippen LogP contribution in [0.15, 0.2) is 29.4 Å². The van der Waals surface area contributed by atoms with Gasteiger partial charge in [0.25, 0.3) is 0 Å². The summed E-state index contributed by atoms with van der Waals surface area (Å²) in [5, 5.41) is 12.7. The molecule has 174 valence electrons. The van der Waals surface area contributed by atoms with Crippen molar-refractivity contribution in [3.8, 4) is 0 Å². The fourth-order valence-corrected chi connectivity index (χ4v) is 4.44. The third-order valence-electron chi connectivity index (χ3n) is 5.28. The van der Waals surface area contributed by atoms with E-state index in [9.17, 15) is 9.59 Å². The molecule has 1 N–H and O–H groups in total. The molecule has 0 bridgehead atoms. The van der Waals surface area contributed by atoms with Gasteiger partial charge in [-0.2, -0.15) is 0 Å². The lowest BCUT2D eigenvalue weighted by molar-refractivity contribution is -0.128. The Balaban J connectivity index is 1.64. The molecule has 0 spiro atoms. The quantitative estimate of drug-likeness (QED) is 0.542. The maximum atomic E-state index is 12.8. The van der Waals surface area contributed by atoms with Crippen molar-refractivity contribution in [2.45, 2.75) is 50.7 Å². The zero-order valence-electron chi connectivity index (χ0n) is 19.0. The van der Waals surface area contributed by atoms with Crippen LogP contribution in [0.3, 0.4) is 0 Å². The highest BCUT2D eigenvalue weighted by Gasteiger charge is 2.27. The van der Waals surface area contributed by atoms with Crippen LogP contribution >= 0.6 is 11.8 Å². The number of carbonyl (C=O) groups excluding carboxylic acids is 2. The summed E-state index contributed by atoms with van der Waals surface area (Å²) in [6, 6.07) is 5.47. The lowest BCUT2D eigenvalue weighted by Gasteiger charge is -2.22. The Morgan fingerprint density at radius 2 is 2.06 bits per heavy atom. The number of carbonyl (C=O) groups is 2. The Labute approximate surface area is 193 Å². The van der Waals surface area contributed by atoms with Crippen LogP contribution in [0.2, 0.25) is 0 Å². The first-order valence-electron chi connectivity index (χ1n) is 11.0. The Kier molecular flexibility index (Phi) is 9.04. The molecule has 0 unspecified atom stereocenters. The van der Waals surface area contributed by atoms with Crippen LogP contribution < -0.4 is 5.32 Å². The molecule has 0 radical (unpaired) electrons. The van der Waals surface area contributed by atoms with E-state index in [1.165, 1.54) is 11.8 Å². The number of ether oxygens (including phenoxy) is 1. The van der Waals surface area contributed by atoms with Gasteiger partial charge in [-0.25, -0.2) is 4.98 Å². The molecular weight excluding hydrogens is 428 g/mol. The van der Waals surface area contributed by atoms with E-state index in [-0.39, 0.29) is 17.9 Å². The van der Waals surface area contributed by atoms with Crippen LogP contribution in [0.25, 0.3) is 0 Å². The minimum Gasteiger partial charge on any atom is -0.384 e. The first kappa shape index (κ1) is 24.2. The average molecular weight is 461 g/mol. The van der Waals surface area contributed by atoms with Crippen LogP contribution in [-0.2, 0) is 27.3 Å². The number of hydrogen-bond acceptors (Lipinski definition) is 7. The molecule has 2 aromatic heterocycles. The molecule has 2 amide bonds. The molecule has 0 saturated carbocycles. The minimum atomic E-state index is -0.220. The molecule has 3 heterocycles. The number of aromatic nitrogens is 4.